The molecule has 0 aliphatic rings. The molecular formula is C8H7N3OS. The number of rotatable bonds is 1. The highest BCUT2D eigenvalue weighted by Crippen LogP contribution is 2.18. The first-order valence-electron chi connectivity index (χ1n) is 3.75. The molecule has 0 unspecified atom stereocenters. The van der Waals surface area contributed by atoms with Crippen LogP contribution >= 0.6 is 11.5 Å². The topological polar surface area (TPSA) is 58.6 Å². The van der Waals surface area contributed by atoms with E-state index < -0.39 is 0 Å². The highest BCUT2D eigenvalue weighted by molar-refractivity contribution is 7.09. The van der Waals surface area contributed by atoms with Gasteiger partial charge in [0.05, 0.1) is 10.6 Å². The molecule has 0 spiro atoms. The van der Waals surface area contributed by atoms with Gasteiger partial charge in [-0.15, -0.1) is 0 Å². The van der Waals surface area contributed by atoms with Crippen LogP contribution < -0.4 is 5.56 Å². The van der Waals surface area contributed by atoms with Crippen LogP contribution in [0.25, 0.3) is 10.7 Å². The number of aromatic amines is 1. The van der Waals surface area contributed by atoms with E-state index in [2.05, 4.69) is 14.3 Å². The average molecular weight is 193 g/mol. The molecule has 0 aliphatic carbocycles. The van der Waals surface area contributed by atoms with Crippen LogP contribution in [0.2, 0.25) is 0 Å². The van der Waals surface area contributed by atoms with Crippen molar-refractivity contribution in [2.45, 2.75) is 6.92 Å². The molecule has 2 aromatic heterocycles. The molecule has 2 rings (SSSR count). The maximum Gasteiger partial charge on any atom is 0.251 e. The summed E-state index contributed by atoms with van der Waals surface area (Å²) in [6.07, 6.45) is 1.49. The molecule has 0 amide bonds. The molecule has 0 aliphatic heterocycles. The van der Waals surface area contributed by atoms with E-state index in [9.17, 15) is 4.79 Å². The molecule has 0 fully saturated rings. The third kappa shape index (κ3) is 1.65. The van der Waals surface area contributed by atoms with E-state index in [4.69, 9.17) is 0 Å². The van der Waals surface area contributed by atoms with Crippen LogP contribution in [0.15, 0.2) is 23.1 Å². The number of hydrogen-bond acceptors (Lipinski definition) is 4. The Morgan fingerprint density at radius 3 is 3.00 bits per heavy atom. The summed E-state index contributed by atoms with van der Waals surface area (Å²) in [7, 11) is 0. The van der Waals surface area contributed by atoms with Crippen LogP contribution in [0.4, 0.5) is 0 Å². The van der Waals surface area contributed by atoms with Crippen molar-refractivity contribution in [3.05, 3.63) is 34.4 Å². The van der Waals surface area contributed by atoms with Gasteiger partial charge in [-0.1, -0.05) is 0 Å². The van der Waals surface area contributed by atoms with Crippen molar-refractivity contribution in [1.82, 2.24) is 14.3 Å². The van der Waals surface area contributed by atoms with Gasteiger partial charge in [0.1, 0.15) is 0 Å². The molecule has 0 aromatic carbocycles. The second kappa shape index (κ2) is 3.10. The molecule has 2 aromatic rings. The van der Waals surface area contributed by atoms with Gasteiger partial charge in [-0.25, -0.2) is 4.98 Å². The van der Waals surface area contributed by atoms with Crippen LogP contribution in [0.1, 0.15) is 5.69 Å². The number of aryl methyl sites for hydroxylation is 1. The van der Waals surface area contributed by atoms with E-state index in [1.54, 1.807) is 0 Å². The summed E-state index contributed by atoms with van der Waals surface area (Å²) in [4.78, 5) is 18.5. The second-order valence-corrected chi connectivity index (χ2v) is 3.42. The van der Waals surface area contributed by atoms with E-state index in [0.717, 1.165) is 10.6 Å². The molecule has 0 bridgehead atoms. The molecule has 0 atom stereocenters. The number of hydrogen-bond donors (Lipinski definition) is 1. The van der Waals surface area contributed by atoms with Crippen molar-refractivity contribution in [2.24, 2.45) is 0 Å². The Morgan fingerprint density at radius 2 is 2.38 bits per heavy atom. The Labute approximate surface area is 78.5 Å². The zero-order chi connectivity index (χ0) is 9.26. The van der Waals surface area contributed by atoms with Gasteiger partial charge in [0.2, 0.25) is 0 Å². The van der Waals surface area contributed by atoms with Gasteiger partial charge in [-0.3, -0.25) is 4.79 Å². The fourth-order valence-corrected chi connectivity index (χ4v) is 1.68. The lowest BCUT2D eigenvalue weighted by molar-refractivity contribution is 1.13. The first kappa shape index (κ1) is 8.12. The van der Waals surface area contributed by atoms with Crippen LogP contribution in [0, 0.1) is 6.92 Å². The minimum absolute atomic E-state index is 0.143. The predicted molar refractivity (Wildman–Crippen MR) is 50.7 cm³/mol. The predicted octanol–water partition coefficient (Wildman–Crippen LogP) is 1.20. The SMILES string of the molecule is Cc1cc(-c2nccc(=O)[nH]2)sn1. The molecule has 13 heavy (non-hydrogen) atoms. The van der Waals surface area contributed by atoms with E-state index in [0.29, 0.717) is 5.82 Å². The lowest BCUT2D eigenvalue weighted by atomic mass is 10.4. The summed E-state index contributed by atoms with van der Waals surface area (Å²) in [5.41, 5.74) is 0.794. The number of aromatic nitrogens is 3. The average Bonchev–Trinajstić information content (AvgIpc) is 2.52. The largest absolute Gasteiger partial charge is 0.306 e. The van der Waals surface area contributed by atoms with E-state index in [-0.39, 0.29) is 5.56 Å². The standard InChI is InChI=1S/C8H7N3OS/c1-5-4-6(13-11-5)8-9-3-2-7(12)10-8/h2-4H,1H3,(H,9,10,12). The summed E-state index contributed by atoms with van der Waals surface area (Å²) in [6.45, 7) is 1.90. The van der Waals surface area contributed by atoms with Crippen molar-refractivity contribution in [3.8, 4) is 10.7 Å². The Hall–Kier alpha value is -1.49. The summed E-state index contributed by atoms with van der Waals surface area (Å²) >= 11 is 1.33. The van der Waals surface area contributed by atoms with Gasteiger partial charge in [-0.05, 0) is 24.5 Å². The molecule has 0 saturated heterocycles. The van der Waals surface area contributed by atoms with Gasteiger partial charge in [0, 0.05) is 12.3 Å². The first-order valence-corrected chi connectivity index (χ1v) is 4.52. The minimum Gasteiger partial charge on any atom is -0.306 e. The van der Waals surface area contributed by atoms with Crippen molar-refractivity contribution < 1.29 is 0 Å². The first-order chi connectivity index (χ1) is 6.25. The Morgan fingerprint density at radius 1 is 1.54 bits per heavy atom. The molecule has 4 nitrogen and oxygen atoms in total. The molecular weight excluding hydrogens is 186 g/mol. The maximum absolute atomic E-state index is 11.0. The monoisotopic (exact) mass is 193 g/mol. The Bertz CT molecular complexity index is 474. The summed E-state index contributed by atoms with van der Waals surface area (Å²) in [6, 6.07) is 3.28. The molecule has 66 valence electrons. The van der Waals surface area contributed by atoms with Crippen molar-refractivity contribution >= 4 is 11.5 Å². The van der Waals surface area contributed by atoms with E-state index in [1.165, 1.54) is 23.8 Å². The molecule has 0 radical (unpaired) electrons. The van der Waals surface area contributed by atoms with Crippen LogP contribution in [0.3, 0.4) is 0 Å². The van der Waals surface area contributed by atoms with Crippen LogP contribution in [0.5, 0.6) is 0 Å². The highest BCUT2D eigenvalue weighted by Gasteiger charge is 2.02. The van der Waals surface area contributed by atoms with Gasteiger partial charge in [-0.2, -0.15) is 4.37 Å². The number of H-pyrrole nitrogens is 1. The van der Waals surface area contributed by atoms with E-state index >= 15 is 0 Å². The van der Waals surface area contributed by atoms with Gasteiger partial charge >= 0.3 is 0 Å². The Balaban J connectivity index is 2.52. The van der Waals surface area contributed by atoms with Crippen molar-refractivity contribution in [1.29, 1.82) is 0 Å². The summed E-state index contributed by atoms with van der Waals surface area (Å²) in [5.74, 6) is 0.582. The third-order valence-corrected chi connectivity index (χ3v) is 2.42. The fourth-order valence-electron chi connectivity index (χ4n) is 0.971. The van der Waals surface area contributed by atoms with E-state index in [1.807, 2.05) is 13.0 Å². The highest BCUT2D eigenvalue weighted by atomic mass is 32.1. The normalized spacial score (nSPS) is 10.2. The lowest BCUT2D eigenvalue weighted by Gasteiger charge is -1.91. The summed E-state index contributed by atoms with van der Waals surface area (Å²) in [5, 5.41) is 0. The van der Waals surface area contributed by atoms with Crippen molar-refractivity contribution in [2.75, 3.05) is 0 Å². The second-order valence-electron chi connectivity index (χ2n) is 2.62. The zero-order valence-electron chi connectivity index (χ0n) is 6.94. The van der Waals surface area contributed by atoms with Gasteiger partial charge in [0.15, 0.2) is 5.82 Å². The molecule has 2 heterocycles. The zero-order valence-corrected chi connectivity index (χ0v) is 7.76. The summed E-state index contributed by atoms with van der Waals surface area (Å²) < 4.78 is 4.10. The van der Waals surface area contributed by atoms with Crippen molar-refractivity contribution in [3.63, 3.8) is 0 Å². The smallest absolute Gasteiger partial charge is 0.251 e. The fraction of sp³-hybridized carbons (Fsp3) is 0.125. The van der Waals surface area contributed by atoms with Gasteiger partial charge < -0.3 is 4.98 Å². The molecule has 5 heteroatoms. The van der Waals surface area contributed by atoms with Crippen LogP contribution in [-0.2, 0) is 0 Å². The van der Waals surface area contributed by atoms with Gasteiger partial charge in [0.25, 0.3) is 5.56 Å². The number of nitrogens with one attached hydrogen (secondary N) is 1. The van der Waals surface area contributed by atoms with Crippen LogP contribution in [-0.4, -0.2) is 14.3 Å². The molecule has 0 saturated carbocycles. The lowest BCUT2D eigenvalue weighted by Crippen LogP contribution is -2.04. The Kier molecular flexibility index (Phi) is 1.94. The third-order valence-electron chi connectivity index (χ3n) is 1.53. The number of nitrogens with zero attached hydrogens (tertiary/aromatic N) is 2. The molecule has 1 N–H and O–H groups in total. The quantitative estimate of drug-likeness (QED) is 0.740. The minimum atomic E-state index is -0.143. The maximum atomic E-state index is 11.0.